The minimum atomic E-state index is -1.06. The molecule has 3 heterocycles. The number of benzene rings is 3. The Balaban J connectivity index is 1.52. The Bertz CT molecular complexity index is 2300. The van der Waals surface area contributed by atoms with Crippen LogP contribution in [0.5, 0.6) is 0 Å². The van der Waals surface area contributed by atoms with Gasteiger partial charge in [0.05, 0.1) is 24.2 Å². The van der Waals surface area contributed by atoms with E-state index in [1.807, 2.05) is 79.1 Å². The molecule has 1 aromatic heterocycles. The standard InChI is InChI=1S/C51H69N5O11/c1-13-61-33-62-28-20-27-53-39(30-34-21-16-14-17-22-34)41-42(64-51(11,12)63-41)40(31-35-23-18-15-19-24-35)54(44(53)57)32-36-25-26-38-37(29-36)43(52-56(38)47(60)67-50(8,9)10)55(45(58)65-48(2,3)4)46(59)66-49(5,6)7/h14-19,21-26,29,39-42H,13,20,27-28,30-33H2,1-12H3/t39-,40-,41+,42+/m1/s1. The van der Waals surface area contributed by atoms with Crippen molar-refractivity contribution in [2.24, 2.45) is 0 Å². The molecule has 2 saturated heterocycles. The van der Waals surface area contributed by atoms with Crippen molar-refractivity contribution >= 4 is 41.0 Å². The van der Waals surface area contributed by atoms with Crippen LogP contribution in [0.25, 0.3) is 10.9 Å². The molecule has 2 aliphatic heterocycles. The molecule has 4 atom stereocenters. The van der Waals surface area contributed by atoms with Crippen LogP contribution in [0.3, 0.4) is 0 Å². The summed E-state index contributed by atoms with van der Waals surface area (Å²) in [6, 6.07) is 24.0. The summed E-state index contributed by atoms with van der Waals surface area (Å²) < 4.78 is 43.2. The Morgan fingerprint density at radius 2 is 1.22 bits per heavy atom. The van der Waals surface area contributed by atoms with Gasteiger partial charge in [0.1, 0.15) is 35.8 Å². The molecule has 0 spiro atoms. The predicted molar refractivity (Wildman–Crippen MR) is 253 cm³/mol. The van der Waals surface area contributed by atoms with Gasteiger partial charge in [-0.25, -0.2) is 19.2 Å². The second-order valence-corrected chi connectivity index (χ2v) is 20.4. The SMILES string of the molecule is CCOCOCCCN1C(=O)N(Cc2ccc3c(c2)c(N(C(=O)OC(C)(C)C)C(=O)OC(C)(C)C)nn3C(=O)OC(C)(C)C)[C@H](Cc2ccccc2)[C@@H]2OC(C)(C)O[C@H]2[C@H]1Cc1ccccc1. The number of hydrogen-bond acceptors (Lipinski definition) is 12. The molecule has 364 valence electrons. The van der Waals surface area contributed by atoms with Crippen molar-refractivity contribution < 1.29 is 52.3 Å². The molecule has 0 unspecified atom stereocenters. The first-order valence-electron chi connectivity index (χ1n) is 23.1. The van der Waals surface area contributed by atoms with Gasteiger partial charge in [0.15, 0.2) is 11.6 Å². The number of carbonyl (C=O) groups is 4. The number of imide groups is 1. The van der Waals surface area contributed by atoms with Crippen LogP contribution in [-0.2, 0) is 52.5 Å². The lowest BCUT2D eigenvalue weighted by Gasteiger charge is -2.37. The van der Waals surface area contributed by atoms with E-state index in [-0.39, 0.29) is 36.1 Å². The van der Waals surface area contributed by atoms with Crippen molar-refractivity contribution in [3.63, 3.8) is 0 Å². The predicted octanol–water partition coefficient (Wildman–Crippen LogP) is 9.88. The minimum absolute atomic E-state index is 0.0462. The lowest BCUT2D eigenvalue weighted by molar-refractivity contribution is -0.157. The molecule has 0 bridgehead atoms. The summed E-state index contributed by atoms with van der Waals surface area (Å²) in [7, 11) is 0. The first kappa shape index (κ1) is 50.9. The van der Waals surface area contributed by atoms with E-state index in [9.17, 15) is 14.4 Å². The number of amides is 4. The fraction of sp³-hybridized carbons (Fsp3) is 0.549. The molecular formula is C51H69N5O11. The Morgan fingerprint density at radius 1 is 0.701 bits per heavy atom. The number of fused-ring (bicyclic) bond motifs is 2. The molecule has 0 radical (unpaired) electrons. The molecule has 0 aliphatic carbocycles. The zero-order chi connectivity index (χ0) is 48.9. The molecule has 3 aromatic carbocycles. The molecule has 0 N–H and O–H groups in total. The minimum Gasteiger partial charge on any atom is -0.443 e. The number of carbonyl (C=O) groups excluding carboxylic acids is 4. The molecule has 6 rings (SSSR count). The van der Waals surface area contributed by atoms with Gasteiger partial charge < -0.3 is 43.0 Å². The van der Waals surface area contributed by atoms with Crippen LogP contribution in [0.2, 0.25) is 0 Å². The Morgan fingerprint density at radius 3 is 1.73 bits per heavy atom. The highest BCUT2D eigenvalue weighted by molar-refractivity contribution is 6.14. The normalized spacial score (nSPS) is 19.8. The van der Waals surface area contributed by atoms with Crippen LogP contribution >= 0.6 is 0 Å². The van der Waals surface area contributed by atoms with Crippen LogP contribution < -0.4 is 4.90 Å². The van der Waals surface area contributed by atoms with E-state index in [2.05, 4.69) is 17.2 Å². The molecule has 16 heteroatoms. The maximum absolute atomic E-state index is 15.7. The third-order valence-corrected chi connectivity index (χ3v) is 10.9. The molecular weight excluding hydrogens is 859 g/mol. The summed E-state index contributed by atoms with van der Waals surface area (Å²) in [6.07, 6.45) is -2.61. The molecule has 2 aliphatic rings. The number of ether oxygens (including phenoxy) is 7. The summed E-state index contributed by atoms with van der Waals surface area (Å²) in [6.45, 7) is 22.3. The fourth-order valence-corrected chi connectivity index (χ4v) is 8.28. The quantitative estimate of drug-likeness (QED) is 0.0670. The molecule has 0 saturated carbocycles. The van der Waals surface area contributed by atoms with Crippen LogP contribution in [0.15, 0.2) is 78.9 Å². The van der Waals surface area contributed by atoms with E-state index in [0.29, 0.717) is 49.5 Å². The number of anilines is 1. The van der Waals surface area contributed by atoms with E-state index in [4.69, 9.17) is 33.2 Å². The average molecular weight is 928 g/mol. The highest BCUT2D eigenvalue weighted by Crippen LogP contribution is 2.41. The third-order valence-electron chi connectivity index (χ3n) is 10.9. The number of rotatable bonds is 14. The fourth-order valence-electron chi connectivity index (χ4n) is 8.28. The van der Waals surface area contributed by atoms with Gasteiger partial charge in [0.25, 0.3) is 0 Å². The zero-order valence-corrected chi connectivity index (χ0v) is 41.2. The second kappa shape index (κ2) is 20.8. The number of urea groups is 1. The van der Waals surface area contributed by atoms with Gasteiger partial charge in [-0.15, -0.1) is 5.10 Å². The Hall–Kier alpha value is -5.55. The first-order valence-corrected chi connectivity index (χ1v) is 23.1. The maximum atomic E-state index is 15.7. The van der Waals surface area contributed by atoms with Gasteiger partial charge in [0.2, 0.25) is 0 Å². The van der Waals surface area contributed by atoms with Crippen LogP contribution in [-0.4, -0.2) is 117 Å². The van der Waals surface area contributed by atoms with Gasteiger partial charge in [-0.3, -0.25) is 0 Å². The highest BCUT2D eigenvalue weighted by atomic mass is 16.8. The molecule has 2 fully saturated rings. The summed E-state index contributed by atoms with van der Waals surface area (Å²) in [4.78, 5) is 62.1. The van der Waals surface area contributed by atoms with Crippen molar-refractivity contribution in [3.05, 3.63) is 95.6 Å². The first-order chi connectivity index (χ1) is 31.4. The number of nitrogens with zero attached hydrogens (tertiary/aromatic N) is 5. The second-order valence-electron chi connectivity index (χ2n) is 20.4. The summed E-state index contributed by atoms with van der Waals surface area (Å²) in [5.74, 6) is -1.20. The van der Waals surface area contributed by atoms with E-state index >= 15 is 4.79 Å². The summed E-state index contributed by atoms with van der Waals surface area (Å²) >= 11 is 0. The molecule has 16 nitrogen and oxygen atoms in total. The third kappa shape index (κ3) is 13.3. The van der Waals surface area contributed by atoms with Crippen LogP contribution in [0.1, 0.15) is 106 Å². The molecule has 4 amide bonds. The summed E-state index contributed by atoms with van der Waals surface area (Å²) in [5.41, 5.74) is -0.0813. The summed E-state index contributed by atoms with van der Waals surface area (Å²) in [5, 5.41) is 4.80. The van der Waals surface area contributed by atoms with Crippen molar-refractivity contribution in [2.45, 2.75) is 156 Å². The molecule has 67 heavy (non-hydrogen) atoms. The molecule has 4 aromatic rings. The van der Waals surface area contributed by atoms with Crippen LogP contribution in [0, 0.1) is 0 Å². The average Bonchev–Trinajstić information content (AvgIpc) is 3.74. The van der Waals surface area contributed by atoms with Crippen molar-refractivity contribution in [1.82, 2.24) is 19.6 Å². The van der Waals surface area contributed by atoms with Crippen molar-refractivity contribution in [3.8, 4) is 0 Å². The maximum Gasteiger partial charge on any atom is 0.435 e. The van der Waals surface area contributed by atoms with Crippen molar-refractivity contribution in [2.75, 3.05) is 31.5 Å². The van der Waals surface area contributed by atoms with Crippen molar-refractivity contribution in [1.29, 1.82) is 0 Å². The number of aromatic nitrogens is 2. The lowest BCUT2D eigenvalue weighted by atomic mass is 9.91. The zero-order valence-electron chi connectivity index (χ0n) is 41.2. The van der Waals surface area contributed by atoms with Gasteiger partial charge in [-0.2, -0.15) is 9.58 Å². The van der Waals surface area contributed by atoms with Gasteiger partial charge in [-0.1, -0.05) is 66.7 Å². The smallest absolute Gasteiger partial charge is 0.435 e. The van der Waals surface area contributed by atoms with E-state index in [0.717, 1.165) is 15.8 Å². The van der Waals surface area contributed by atoms with Gasteiger partial charge >= 0.3 is 24.3 Å². The van der Waals surface area contributed by atoms with Gasteiger partial charge in [-0.05, 0) is 131 Å². The van der Waals surface area contributed by atoms with E-state index in [1.54, 1.807) is 80.5 Å². The van der Waals surface area contributed by atoms with Gasteiger partial charge in [0, 0.05) is 25.1 Å². The van der Waals surface area contributed by atoms with E-state index in [1.165, 1.54) is 0 Å². The number of hydrogen-bond donors (Lipinski definition) is 0. The lowest BCUT2D eigenvalue weighted by Crippen LogP contribution is -2.52. The topological polar surface area (TPSA) is 160 Å². The van der Waals surface area contributed by atoms with E-state index < -0.39 is 65.2 Å². The Labute approximate surface area is 394 Å². The monoisotopic (exact) mass is 927 g/mol. The largest absolute Gasteiger partial charge is 0.443 e. The van der Waals surface area contributed by atoms with Crippen LogP contribution in [0.4, 0.5) is 25.0 Å². The highest BCUT2D eigenvalue weighted by Gasteiger charge is 2.55. The Kier molecular flexibility index (Phi) is 15.8.